The molecule has 0 spiro atoms. The Balaban J connectivity index is 3.30. The summed E-state index contributed by atoms with van der Waals surface area (Å²) in [5.41, 5.74) is 0. The molecule has 0 aliphatic rings. The first-order chi connectivity index (χ1) is 10.6. The number of halogens is 1. The maximum atomic E-state index is 14.1. The third-order valence-corrected chi connectivity index (χ3v) is 35.9. The molecule has 1 rings (SSSR count). The summed E-state index contributed by atoms with van der Waals surface area (Å²) in [4.78, 5) is 0. The summed E-state index contributed by atoms with van der Waals surface area (Å²) < 4.78 is 15.3. The summed E-state index contributed by atoms with van der Waals surface area (Å²) in [5, 5.41) is 0.763. The van der Waals surface area contributed by atoms with Crippen LogP contribution in [0.1, 0.15) is 62.3 Å². The molecule has 4 heteroatoms. The number of benzene rings is 1. The van der Waals surface area contributed by atoms with Crippen LogP contribution >= 0.6 is 16.1 Å². The zero-order chi connectivity index (χ0) is 19.0. The van der Waals surface area contributed by atoms with Crippen molar-refractivity contribution in [3.63, 3.8) is 0 Å². The van der Waals surface area contributed by atoms with Gasteiger partial charge in [-0.25, -0.2) is 0 Å². The van der Waals surface area contributed by atoms with Crippen LogP contribution < -0.4 is 5.30 Å². The van der Waals surface area contributed by atoms with E-state index in [1.807, 2.05) is 30.3 Å². The Morgan fingerprint density at radius 1 is 0.875 bits per heavy atom. The van der Waals surface area contributed by atoms with Crippen molar-refractivity contribution in [3.8, 4) is 0 Å². The Morgan fingerprint density at radius 2 is 1.29 bits per heavy atom. The van der Waals surface area contributed by atoms with Crippen LogP contribution in [0.5, 0.6) is 0 Å². The van der Waals surface area contributed by atoms with Gasteiger partial charge < -0.3 is 0 Å². The molecule has 1 aromatic carbocycles. The monoisotopic (exact) mass is 478 g/mol. The van der Waals surface area contributed by atoms with Gasteiger partial charge in [-0.2, -0.15) is 0 Å². The van der Waals surface area contributed by atoms with E-state index in [2.05, 4.69) is 62.3 Å². The molecule has 0 heterocycles. The van der Waals surface area contributed by atoms with Crippen LogP contribution in [-0.4, -0.2) is 28.6 Å². The van der Waals surface area contributed by atoms with Gasteiger partial charge >= 0.3 is 158 Å². The minimum absolute atomic E-state index is 0.133. The van der Waals surface area contributed by atoms with Crippen molar-refractivity contribution in [2.45, 2.75) is 78.8 Å². The third kappa shape index (κ3) is 4.44. The molecule has 0 fully saturated rings. The van der Waals surface area contributed by atoms with Crippen molar-refractivity contribution in [2.24, 2.45) is 0 Å². The Hall–Kier alpha value is 0.539. The first-order valence-electron chi connectivity index (χ1n) is 8.90. The van der Waals surface area contributed by atoms with Crippen LogP contribution in [0.4, 0.5) is 0 Å². The average Bonchev–Trinajstić information content (AvgIpc) is 2.41. The van der Waals surface area contributed by atoms with Crippen molar-refractivity contribution in [3.05, 3.63) is 30.3 Å². The molecule has 138 valence electrons. The van der Waals surface area contributed by atoms with Gasteiger partial charge in [-0.05, 0) is 0 Å². The van der Waals surface area contributed by atoms with E-state index in [0.29, 0.717) is 0 Å². The average molecular weight is 478 g/mol. The standard InChI is InChI=1S/C12H18OP.2C4H9.ClH.Sn/c1-5-14(13,12(2,3)4)11-9-7-6-8-10-11;2*1-4(2)3;;/h6-10H,1,5H2,2-4H3;2*1-3H3;1H;/q;;;;+1/p-1. The number of rotatable bonds is 4. The molecule has 0 amide bonds. The third-order valence-electron chi connectivity index (χ3n) is 5.41. The molecule has 0 saturated heterocycles. The van der Waals surface area contributed by atoms with Crippen molar-refractivity contribution < 1.29 is 4.57 Å². The van der Waals surface area contributed by atoms with Gasteiger partial charge in [-0.15, -0.1) is 0 Å². The minimum atomic E-state index is -3.07. The van der Waals surface area contributed by atoms with E-state index < -0.39 is 24.4 Å². The van der Waals surface area contributed by atoms with Crippen LogP contribution in [-0.2, 0) is 4.57 Å². The normalized spacial score (nSPS) is 16.8. The van der Waals surface area contributed by atoms with Gasteiger partial charge in [0, 0.05) is 0 Å². The molecular weight excluding hydrogens is 441 g/mol. The molecular formula is C20H36ClOPSn. The van der Waals surface area contributed by atoms with Crippen LogP contribution in [0, 0.1) is 0 Å². The summed E-state index contributed by atoms with van der Waals surface area (Å²) in [5.74, 6) is 0. The second-order valence-electron chi connectivity index (χ2n) is 10.0. The number of hydrogen-bond acceptors (Lipinski definition) is 1. The predicted octanol–water partition coefficient (Wildman–Crippen LogP) is 7.26. The van der Waals surface area contributed by atoms with Gasteiger partial charge in [0.25, 0.3) is 0 Å². The van der Waals surface area contributed by atoms with Gasteiger partial charge in [0.2, 0.25) is 0 Å². The van der Waals surface area contributed by atoms with Crippen molar-refractivity contribution in [1.82, 2.24) is 0 Å². The zero-order valence-electron chi connectivity index (χ0n) is 17.0. The molecule has 0 aliphatic heterocycles. The zero-order valence-corrected chi connectivity index (χ0v) is 21.5. The van der Waals surface area contributed by atoms with Gasteiger partial charge in [0.05, 0.1) is 0 Å². The van der Waals surface area contributed by atoms with E-state index in [-0.39, 0.29) is 12.0 Å². The molecule has 1 aromatic rings. The second-order valence-corrected chi connectivity index (χ2v) is 32.7. The molecule has 1 unspecified atom stereocenters. The van der Waals surface area contributed by atoms with Crippen LogP contribution in [0.15, 0.2) is 30.3 Å². The molecule has 0 aromatic heterocycles. The van der Waals surface area contributed by atoms with Crippen molar-refractivity contribution in [2.75, 3.05) is 6.16 Å². The van der Waals surface area contributed by atoms with Gasteiger partial charge in [0.15, 0.2) is 0 Å². The molecule has 0 radical (unpaired) electrons. The van der Waals surface area contributed by atoms with Crippen LogP contribution in [0.25, 0.3) is 0 Å². The molecule has 24 heavy (non-hydrogen) atoms. The van der Waals surface area contributed by atoms with Gasteiger partial charge in [0.1, 0.15) is 0 Å². The molecule has 1 nitrogen and oxygen atoms in total. The maximum absolute atomic E-state index is 14.1. The van der Waals surface area contributed by atoms with Gasteiger partial charge in [-0.1, -0.05) is 0 Å². The predicted molar refractivity (Wildman–Crippen MR) is 114 cm³/mol. The van der Waals surface area contributed by atoms with E-state index in [1.54, 1.807) is 0 Å². The van der Waals surface area contributed by atoms with E-state index in [4.69, 9.17) is 8.92 Å². The second kappa shape index (κ2) is 7.28. The SMILES string of the molecule is CC(C)(C)P(=O)(C[CH2][Sn]([Cl])([C](C)(C)C)[C](C)(C)C)c1ccccc1. The Morgan fingerprint density at radius 3 is 1.62 bits per heavy atom. The molecule has 0 bridgehead atoms. The van der Waals surface area contributed by atoms with E-state index >= 15 is 0 Å². The van der Waals surface area contributed by atoms with Crippen molar-refractivity contribution in [1.29, 1.82) is 0 Å². The Kier molecular flexibility index (Phi) is 6.85. The van der Waals surface area contributed by atoms with E-state index in [0.717, 1.165) is 15.9 Å². The molecule has 0 aliphatic carbocycles. The molecule has 0 N–H and O–H groups in total. The fourth-order valence-electron chi connectivity index (χ4n) is 3.71. The Labute approximate surface area is 157 Å². The van der Waals surface area contributed by atoms with E-state index in [9.17, 15) is 4.57 Å². The fourth-order valence-corrected chi connectivity index (χ4v) is 24.4. The molecule has 1 atom stereocenters. The van der Waals surface area contributed by atoms with Crippen LogP contribution in [0.3, 0.4) is 0 Å². The quantitative estimate of drug-likeness (QED) is 0.329. The number of hydrogen-bond donors (Lipinski definition) is 0. The topological polar surface area (TPSA) is 17.1 Å². The van der Waals surface area contributed by atoms with E-state index in [1.165, 1.54) is 0 Å². The fraction of sp³-hybridized carbons (Fsp3) is 0.700. The van der Waals surface area contributed by atoms with Crippen molar-refractivity contribution >= 4 is 38.6 Å². The summed E-state index contributed by atoms with van der Waals surface area (Å²) >= 11 is -3.07. The van der Waals surface area contributed by atoms with Gasteiger partial charge in [-0.3, -0.25) is 0 Å². The first kappa shape index (κ1) is 22.6. The Bertz CT molecular complexity index is 577. The molecule has 0 saturated carbocycles. The summed E-state index contributed by atoms with van der Waals surface area (Å²) in [6, 6.07) is 10.1. The summed E-state index contributed by atoms with van der Waals surface area (Å²) in [6.07, 6.45) is 0.731. The van der Waals surface area contributed by atoms with Crippen LogP contribution in [0.2, 0.25) is 11.3 Å². The summed E-state index contributed by atoms with van der Waals surface area (Å²) in [6.45, 7) is 20.0. The first-order valence-corrected chi connectivity index (χ1v) is 19.3. The summed E-state index contributed by atoms with van der Waals surface area (Å²) in [7, 11) is 4.90.